The maximum absolute atomic E-state index is 13.6. The third kappa shape index (κ3) is 5.27. The fourth-order valence-electron chi connectivity index (χ4n) is 7.37. The highest BCUT2D eigenvalue weighted by molar-refractivity contribution is 6.95. The molecule has 0 bridgehead atoms. The maximum atomic E-state index is 13.6. The normalized spacial score (nSPS) is 19.1. The Balaban J connectivity index is 1.96. The third-order valence-electron chi connectivity index (χ3n) is 9.08. The Kier molecular flexibility index (Phi) is 9.08. The lowest BCUT2D eigenvalue weighted by molar-refractivity contribution is -0.587. The lowest BCUT2D eigenvalue weighted by atomic mass is 9.66. The number of hydrogen-bond acceptors (Lipinski definition) is 3. The van der Waals surface area contributed by atoms with Crippen LogP contribution in [0, 0.1) is 5.92 Å². The van der Waals surface area contributed by atoms with Crippen LogP contribution in [-0.4, -0.2) is 27.4 Å². The molecule has 0 aliphatic heterocycles. The fraction of sp³-hybridized carbons (Fsp3) is 0.613. The summed E-state index contributed by atoms with van der Waals surface area (Å²) < 4.78 is 13.9. The van der Waals surface area contributed by atoms with E-state index in [0.29, 0.717) is 16.6 Å². The van der Waals surface area contributed by atoms with Crippen molar-refractivity contribution in [3.63, 3.8) is 0 Å². The molecule has 36 heavy (non-hydrogen) atoms. The van der Waals surface area contributed by atoms with E-state index in [4.69, 9.17) is 9.47 Å². The second kappa shape index (κ2) is 11.5. The number of nitrogens with zero attached hydrogens (tertiary/aromatic N) is 1. The highest BCUT2D eigenvalue weighted by Crippen LogP contribution is 2.43. The van der Waals surface area contributed by atoms with E-state index in [9.17, 15) is 4.79 Å². The van der Waals surface area contributed by atoms with Crippen molar-refractivity contribution < 1.29 is 18.8 Å². The molecule has 0 saturated heterocycles. The van der Waals surface area contributed by atoms with Crippen molar-refractivity contribution in [1.82, 2.24) is 0 Å². The monoisotopic (exact) mass is 510 g/mol. The molecule has 0 spiro atoms. The molecule has 0 amide bonds. The van der Waals surface area contributed by atoms with Crippen molar-refractivity contribution in [2.75, 3.05) is 7.11 Å². The summed E-state index contributed by atoms with van der Waals surface area (Å²) in [6, 6.07) is 12.6. The largest absolute Gasteiger partial charge is 0.602 e. The van der Waals surface area contributed by atoms with Crippen molar-refractivity contribution >= 4 is 19.4 Å². The van der Waals surface area contributed by atoms with Crippen molar-refractivity contribution in [3.8, 4) is 5.75 Å². The summed E-state index contributed by atoms with van der Waals surface area (Å²) in [6.07, 6.45) is 7.74. The fourth-order valence-corrected chi connectivity index (χ4v) is 14.2. The van der Waals surface area contributed by atoms with E-state index >= 15 is 0 Å². The van der Waals surface area contributed by atoms with E-state index in [2.05, 4.69) is 85.7 Å². The average Bonchev–Trinajstić information content (AvgIpc) is 2.84. The number of benzene rings is 1. The van der Waals surface area contributed by atoms with E-state index in [1.54, 1.807) is 11.7 Å². The third-order valence-corrected chi connectivity index (χ3v) is 16.1. The van der Waals surface area contributed by atoms with Crippen LogP contribution in [-0.2, 0) is 10.2 Å². The molecular weight excluding hydrogens is 462 g/mol. The van der Waals surface area contributed by atoms with Gasteiger partial charge < -0.3 is 9.47 Å². The average molecular weight is 511 g/mol. The number of hydrogen-bond donors (Lipinski definition) is 0. The molecule has 198 valence electrons. The molecule has 1 aliphatic rings. The first-order chi connectivity index (χ1) is 17.0. The Morgan fingerprint density at radius 1 is 0.944 bits per heavy atom. The quantitative estimate of drug-likeness (QED) is 0.274. The summed E-state index contributed by atoms with van der Waals surface area (Å²) in [7, 11) is -0.304. The molecule has 1 aromatic heterocycles. The minimum atomic E-state index is -2.04. The molecule has 0 N–H and O–H groups in total. The second-order valence-electron chi connectivity index (χ2n) is 12.1. The Morgan fingerprint density at radius 3 is 2.08 bits per heavy atom. The molecule has 4 nitrogen and oxygen atoms in total. The molecule has 2 atom stereocenters. The molecule has 1 fully saturated rings. The molecule has 2 aromatic rings. The number of aromatic nitrogens is 1. The molecule has 1 heterocycles. The predicted molar refractivity (Wildman–Crippen MR) is 151 cm³/mol. The Morgan fingerprint density at radius 2 is 1.53 bits per heavy atom. The molecule has 5 heteroatoms. The molecule has 1 aromatic carbocycles. The van der Waals surface area contributed by atoms with Gasteiger partial charge in [-0.2, -0.15) is 4.79 Å². The van der Waals surface area contributed by atoms with Crippen LogP contribution < -0.4 is 14.5 Å². The van der Waals surface area contributed by atoms with Crippen molar-refractivity contribution in [3.05, 3.63) is 54.4 Å². The highest BCUT2D eigenvalue weighted by atomic mass is 28.3. The van der Waals surface area contributed by atoms with Crippen LogP contribution in [0.2, 0.25) is 16.6 Å². The van der Waals surface area contributed by atoms with Gasteiger partial charge in [0, 0.05) is 17.2 Å². The topological polar surface area (TPSA) is 39.4 Å². The van der Waals surface area contributed by atoms with E-state index < -0.39 is 8.07 Å². The van der Waals surface area contributed by atoms with Gasteiger partial charge in [-0.05, 0) is 46.9 Å². The first-order valence-electron chi connectivity index (χ1n) is 13.8. The van der Waals surface area contributed by atoms with Gasteiger partial charge >= 0.3 is 6.09 Å². The molecule has 1 saturated carbocycles. The van der Waals surface area contributed by atoms with Gasteiger partial charge in [0.2, 0.25) is 0 Å². The van der Waals surface area contributed by atoms with Crippen LogP contribution in [0.15, 0.2) is 48.8 Å². The molecule has 0 radical (unpaired) electrons. The van der Waals surface area contributed by atoms with Crippen molar-refractivity contribution in [2.24, 2.45) is 5.92 Å². The smallest absolute Gasteiger partial charge is 0.496 e. The number of carbonyl (C=O) groups is 1. The Bertz CT molecular complexity index is 994. The van der Waals surface area contributed by atoms with Gasteiger partial charge in [0.05, 0.1) is 7.11 Å². The van der Waals surface area contributed by atoms with Crippen LogP contribution >= 0.6 is 0 Å². The summed E-state index contributed by atoms with van der Waals surface area (Å²) in [5, 5.41) is 1.22. The van der Waals surface area contributed by atoms with Crippen LogP contribution in [0.4, 0.5) is 4.79 Å². The first kappa shape index (κ1) is 28.4. The van der Waals surface area contributed by atoms with E-state index in [1.807, 2.05) is 18.5 Å². The van der Waals surface area contributed by atoms with Crippen LogP contribution in [0.3, 0.4) is 0 Å². The summed E-state index contributed by atoms with van der Waals surface area (Å²) in [6.45, 7) is 18.6. The first-order valence-corrected chi connectivity index (χ1v) is 16.1. The summed E-state index contributed by atoms with van der Waals surface area (Å²) in [5.74, 6) is 1.17. The van der Waals surface area contributed by atoms with Gasteiger partial charge in [0.1, 0.15) is 19.9 Å². The number of methoxy groups -OCH3 is 1. The molecule has 3 rings (SSSR count). The molecular formula is C31H48NO3Si+. The predicted octanol–water partition coefficient (Wildman–Crippen LogP) is 7.39. The number of ether oxygens (including phenoxy) is 2. The summed E-state index contributed by atoms with van der Waals surface area (Å²) in [5.41, 5.74) is 2.75. The second-order valence-corrected chi connectivity index (χ2v) is 18.0. The summed E-state index contributed by atoms with van der Waals surface area (Å²) in [4.78, 5) is 13.6. The molecule has 0 unspecified atom stereocenters. The van der Waals surface area contributed by atoms with E-state index in [0.717, 1.165) is 25.0 Å². The van der Waals surface area contributed by atoms with Crippen LogP contribution in [0.1, 0.15) is 86.6 Å². The molecule has 1 aliphatic carbocycles. The Labute approximate surface area is 220 Å². The highest BCUT2D eigenvalue weighted by Gasteiger charge is 2.48. The lowest BCUT2D eigenvalue weighted by Crippen LogP contribution is -2.59. The van der Waals surface area contributed by atoms with Gasteiger partial charge in [-0.3, -0.25) is 0 Å². The van der Waals surface area contributed by atoms with Crippen molar-refractivity contribution in [1.29, 1.82) is 0 Å². The minimum absolute atomic E-state index is 0.0721. The van der Waals surface area contributed by atoms with Crippen LogP contribution in [0.25, 0.3) is 0 Å². The zero-order valence-electron chi connectivity index (χ0n) is 24.0. The SMILES string of the molecule is COc1cc[n+](C(=O)O[C@H]2CCCC[C@@H]2C(C)(C)c2ccccc2)cc1[Si](C(C)C)(C(C)C)C(C)C. The number of carbonyl (C=O) groups excluding carboxylic acids is 1. The standard InChI is InChI=1S/C31H48NO3Si/c1-22(2)36(23(3)4,24(5)6)29-21-32(20-19-28(29)34-9)30(33)35-27-18-14-13-17-26(27)31(7,8)25-15-11-10-12-16-25/h10-12,15-16,19-24,26-27H,13-14,17-18H2,1-9H3/q+1/t26-,27-/m0/s1. The lowest BCUT2D eigenvalue weighted by Gasteiger charge is -2.43. The van der Waals surface area contributed by atoms with E-state index in [1.165, 1.54) is 17.2 Å². The summed E-state index contributed by atoms with van der Waals surface area (Å²) >= 11 is 0. The van der Waals surface area contributed by atoms with Gasteiger partial charge in [0.15, 0.2) is 12.4 Å². The Hall–Kier alpha value is -2.14. The number of rotatable bonds is 8. The van der Waals surface area contributed by atoms with Gasteiger partial charge in [-0.15, -0.1) is 0 Å². The zero-order valence-corrected chi connectivity index (χ0v) is 25.0. The van der Waals surface area contributed by atoms with Gasteiger partial charge in [-0.1, -0.05) is 96.7 Å². The number of pyridine rings is 1. The zero-order chi connectivity index (χ0) is 26.7. The van der Waals surface area contributed by atoms with E-state index in [-0.39, 0.29) is 23.5 Å². The maximum Gasteiger partial charge on any atom is 0.602 e. The van der Waals surface area contributed by atoms with Crippen LogP contribution in [0.5, 0.6) is 5.75 Å². The van der Waals surface area contributed by atoms with Gasteiger partial charge in [0.25, 0.3) is 0 Å². The van der Waals surface area contributed by atoms with Crippen molar-refractivity contribution in [2.45, 2.75) is 109 Å². The minimum Gasteiger partial charge on any atom is -0.496 e. The van der Waals surface area contributed by atoms with Gasteiger partial charge in [-0.25, -0.2) is 0 Å².